The van der Waals surface area contributed by atoms with Crippen molar-refractivity contribution >= 4 is 21.1 Å². The van der Waals surface area contributed by atoms with E-state index >= 15 is 0 Å². The van der Waals surface area contributed by atoms with Crippen LogP contribution in [0.5, 0.6) is 0 Å². The maximum atomic E-state index is 13.0. The van der Waals surface area contributed by atoms with Gasteiger partial charge in [-0.2, -0.15) is 8.42 Å². The maximum Gasteiger partial charge on any atom is 0.295 e. The van der Waals surface area contributed by atoms with E-state index in [2.05, 4.69) is 0 Å². The molecule has 4 N–H and O–H groups in total. The highest BCUT2D eigenvalue weighted by Gasteiger charge is 2.17. The fourth-order valence-corrected chi connectivity index (χ4v) is 1.91. The van der Waals surface area contributed by atoms with Crippen LogP contribution in [0.2, 0.25) is 0 Å². The van der Waals surface area contributed by atoms with Crippen molar-refractivity contribution in [3.8, 4) is 0 Å². The van der Waals surface area contributed by atoms with Crippen molar-refractivity contribution < 1.29 is 21.8 Å². The lowest BCUT2D eigenvalue weighted by molar-refractivity contribution is 0.483. The number of hydrogen-bond donors (Lipinski definition) is 2. The molecule has 0 amide bonds. The van der Waals surface area contributed by atoms with Crippen LogP contribution in [0.1, 0.15) is 0 Å². The zero-order valence-corrected chi connectivity index (χ0v) is 8.29. The first-order valence-electron chi connectivity index (χ1n) is 3.63. The normalized spacial score (nSPS) is 11.3. The molecule has 7 heteroatoms. The van der Waals surface area contributed by atoms with E-state index in [4.69, 9.17) is 8.97 Å². The topological polar surface area (TPSA) is 103 Å². The molecule has 0 unspecified atom stereocenters. The standard InChI is InChI=1S/C8H5FO4S.H3N/c9-6-1-2-7(14(10,11)12)5-3-4-13-8(5)6;/h1-4H,(H,10,11,12);1H3. The lowest BCUT2D eigenvalue weighted by Crippen LogP contribution is -1.98. The molecule has 1 aromatic heterocycles. The van der Waals surface area contributed by atoms with Crippen molar-refractivity contribution in [2.24, 2.45) is 0 Å². The molecule has 0 saturated heterocycles. The van der Waals surface area contributed by atoms with Gasteiger partial charge >= 0.3 is 0 Å². The van der Waals surface area contributed by atoms with Gasteiger partial charge in [0.1, 0.15) is 4.90 Å². The van der Waals surface area contributed by atoms with E-state index in [0.717, 1.165) is 18.4 Å². The van der Waals surface area contributed by atoms with Gasteiger partial charge in [-0.3, -0.25) is 4.55 Å². The Morgan fingerprint density at radius 1 is 1.27 bits per heavy atom. The summed E-state index contributed by atoms with van der Waals surface area (Å²) in [7, 11) is -4.34. The van der Waals surface area contributed by atoms with Gasteiger partial charge in [0.05, 0.1) is 6.26 Å². The summed E-state index contributed by atoms with van der Waals surface area (Å²) in [6, 6.07) is 3.19. The molecule has 82 valence electrons. The zero-order valence-electron chi connectivity index (χ0n) is 7.47. The molecule has 2 aromatic rings. The van der Waals surface area contributed by atoms with E-state index in [-0.39, 0.29) is 22.0 Å². The minimum atomic E-state index is -4.34. The quantitative estimate of drug-likeness (QED) is 0.733. The van der Waals surface area contributed by atoms with Gasteiger partial charge in [-0.05, 0) is 18.2 Å². The van der Waals surface area contributed by atoms with Crippen LogP contribution < -0.4 is 6.15 Å². The molecule has 0 fully saturated rings. The van der Waals surface area contributed by atoms with Crippen molar-refractivity contribution in [2.45, 2.75) is 4.90 Å². The van der Waals surface area contributed by atoms with Gasteiger partial charge in [-0.15, -0.1) is 0 Å². The van der Waals surface area contributed by atoms with Crippen molar-refractivity contribution in [3.63, 3.8) is 0 Å². The van der Waals surface area contributed by atoms with Crippen LogP contribution in [-0.4, -0.2) is 13.0 Å². The number of halogens is 1. The molecule has 2 rings (SSSR count). The first kappa shape index (κ1) is 11.6. The number of fused-ring (bicyclic) bond motifs is 1. The van der Waals surface area contributed by atoms with Crippen LogP contribution in [0.25, 0.3) is 11.0 Å². The molecular formula is C8H8FNO4S. The second kappa shape index (κ2) is 3.61. The third kappa shape index (κ3) is 1.84. The fraction of sp³-hybridized carbons (Fsp3) is 0. The summed E-state index contributed by atoms with van der Waals surface area (Å²) in [6.07, 6.45) is 1.16. The van der Waals surface area contributed by atoms with Gasteiger partial charge in [0.2, 0.25) is 0 Å². The predicted molar refractivity (Wildman–Crippen MR) is 51.0 cm³/mol. The molecule has 1 heterocycles. The second-order valence-corrected chi connectivity index (χ2v) is 4.07. The van der Waals surface area contributed by atoms with Crippen LogP contribution in [0.15, 0.2) is 33.8 Å². The molecule has 1 aromatic carbocycles. The Balaban J connectivity index is 0.00000112. The van der Waals surface area contributed by atoms with Gasteiger partial charge in [-0.1, -0.05) is 0 Å². The molecule has 15 heavy (non-hydrogen) atoms. The Kier molecular flexibility index (Phi) is 2.80. The minimum Gasteiger partial charge on any atom is -0.461 e. The molecule has 0 saturated carbocycles. The average Bonchev–Trinajstić information content (AvgIpc) is 2.50. The highest BCUT2D eigenvalue weighted by molar-refractivity contribution is 7.86. The molecule has 0 aliphatic heterocycles. The maximum absolute atomic E-state index is 13.0. The van der Waals surface area contributed by atoms with Crippen LogP contribution >= 0.6 is 0 Å². The highest BCUT2D eigenvalue weighted by atomic mass is 32.2. The summed E-state index contributed by atoms with van der Waals surface area (Å²) in [5, 5.41) is 0.0347. The Labute approximate surface area is 84.8 Å². The molecule has 0 spiro atoms. The molecule has 0 radical (unpaired) electrons. The number of hydrogen-bond acceptors (Lipinski definition) is 4. The van der Waals surface area contributed by atoms with E-state index in [1.807, 2.05) is 0 Å². The third-order valence-corrected chi connectivity index (χ3v) is 2.72. The Morgan fingerprint density at radius 2 is 1.93 bits per heavy atom. The Bertz CT molecular complexity index is 590. The summed E-state index contributed by atoms with van der Waals surface area (Å²) in [4.78, 5) is -0.359. The Hall–Kier alpha value is -1.44. The monoisotopic (exact) mass is 233 g/mol. The van der Waals surface area contributed by atoms with Gasteiger partial charge in [0, 0.05) is 5.39 Å². The molecule has 5 nitrogen and oxygen atoms in total. The van der Waals surface area contributed by atoms with Crippen molar-refractivity contribution in [1.29, 1.82) is 0 Å². The molecular weight excluding hydrogens is 225 g/mol. The lowest BCUT2D eigenvalue weighted by Gasteiger charge is -1.98. The van der Waals surface area contributed by atoms with Gasteiger partial charge in [0.25, 0.3) is 10.1 Å². The minimum absolute atomic E-state index is 0. The van der Waals surface area contributed by atoms with Crippen molar-refractivity contribution in [1.82, 2.24) is 6.15 Å². The predicted octanol–water partition coefficient (Wildman–Crippen LogP) is 1.98. The number of furan rings is 1. The zero-order chi connectivity index (χ0) is 10.3. The summed E-state index contributed by atoms with van der Waals surface area (Å²) in [5.41, 5.74) is -0.180. The van der Waals surface area contributed by atoms with E-state index in [1.165, 1.54) is 6.07 Å². The first-order chi connectivity index (χ1) is 6.50. The van der Waals surface area contributed by atoms with Gasteiger partial charge < -0.3 is 10.6 Å². The highest BCUT2D eigenvalue weighted by Crippen LogP contribution is 2.25. The van der Waals surface area contributed by atoms with E-state index in [0.29, 0.717) is 0 Å². The van der Waals surface area contributed by atoms with E-state index in [9.17, 15) is 12.8 Å². The summed E-state index contributed by atoms with van der Waals surface area (Å²) >= 11 is 0. The van der Waals surface area contributed by atoms with Crippen LogP contribution in [0, 0.1) is 5.82 Å². The molecule has 0 aliphatic rings. The fourth-order valence-electron chi connectivity index (χ4n) is 1.23. The van der Waals surface area contributed by atoms with E-state index in [1.54, 1.807) is 0 Å². The van der Waals surface area contributed by atoms with Crippen LogP contribution in [0.3, 0.4) is 0 Å². The van der Waals surface area contributed by atoms with Crippen LogP contribution in [-0.2, 0) is 10.1 Å². The molecule has 0 atom stereocenters. The summed E-state index contributed by atoms with van der Waals surface area (Å²) in [5.74, 6) is -0.669. The van der Waals surface area contributed by atoms with Crippen molar-refractivity contribution in [3.05, 3.63) is 30.3 Å². The van der Waals surface area contributed by atoms with E-state index < -0.39 is 15.9 Å². The Morgan fingerprint density at radius 3 is 2.53 bits per heavy atom. The molecule has 0 aliphatic carbocycles. The SMILES string of the molecule is N.O=S(=O)(O)c1ccc(F)c2occc12. The first-order valence-corrected chi connectivity index (χ1v) is 5.07. The van der Waals surface area contributed by atoms with Gasteiger partial charge in [-0.25, -0.2) is 4.39 Å². The molecule has 0 bridgehead atoms. The number of benzene rings is 1. The van der Waals surface area contributed by atoms with Crippen molar-refractivity contribution in [2.75, 3.05) is 0 Å². The smallest absolute Gasteiger partial charge is 0.295 e. The second-order valence-electron chi connectivity index (χ2n) is 2.68. The van der Waals surface area contributed by atoms with Gasteiger partial charge in [0.15, 0.2) is 11.4 Å². The lowest BCUT2D eigenvalue weighted by atomic mass is 10.2. The third-order valence-electron chi connectivity index (χ3n) is 1.81. The largest absolute Gasteiger partial charge is 0.461 e. The van der Waals surface area contributed by atoms with Crippen LogP contribution in [0.4, 0.5) is 4.39 Å². The number of rotatable bonds is 1. The summed E-state index contributed by atoms with van der Waals surface area (Å²) < 4.78 is 48.3. The summed E-state index contributed by atoms with van der Waals surface area (Å²) in [6.45, 7) is 0. The average molecular weight is 233 g/mol.